The first-order chi connectivity index (χ1) is 9.29. The lowest BCUT2D eigenvalue weighted by Gasteiger charge is -1.96. The topological polar surface area (TPSA) is 28.7 Å². The molecule has 0 aliphatic heterocycles. The van der Waals surface area contributed by atoms with Crippen LogP contribution in [-0.2, 0) is 0 Å². The van der Waals surface area contributed by atoms with Crippen LogP contribution in [0.1, 0.15) is 0 Å². The number of benzene rings is 2. The summed E-state index contributed by atoms with van der Waals surface area (Å²) in [6.07, 6.45) is 1.92. The molecule has 4 aromatic rings. The predicted octanol–water partition coefficient (Wildman–Crippen LogP) is 4.58. The fraction of sp³-hybridized carbons (Fsp3) is 0. The predicted molar refractivity (Wildman–Crippen MR) is 76.9 cm³/mol. The molecule has 0 aliphatic rings. The van der Waals surface area contributed by atoms with Gasteiger partial charge in [-0.2, -0.15) is 0 Å². The van der Waals surface area contributed by atoms with Crippen LogP contribution in [-0.4, -0.2) is 9.97 Å². The normalized spacial score (nSPS) is 11.4. The first-order valence-corrected chi connectivity index (χ1v) is 6.75. The van der Waals surface area contributed by atoms with Crippen molar-refractivity contribution < 1.29 is 4.39 Å². The molecule has 0 radical (unpaired) electrons. The molecule has 0 amide bonds. The molecule has 92 valence electrons. The number of fused-ring (bicyclic) bond motifs is 2. The Balaban J connectivity index is 1.92. The number of aromatic amines is 1. The van der Waals surface area contributed by atoms with E-state index < -0.39 is 0 Å². The van der Waals surface area contributed by atoms with E-state index in [4.69, 9.17) is 0 Å². The van der Waals surface area contributed by atoms with Crippen molar-refractivity contribution in [1.29, 1.82) is 0 Å². The highest BCUT2D eigenvalue weighted by molar-refractivity contribution is 7.21. The van der Waals surface area contributed by atoms with Crippen LogP contribution in [0.5, 0.6) is 0 Å². The molecule has 2 aromatic carbocycles. The van der Waals surface area contributed by atoms with Crippen molar-refractivity contribution in [2.24, 2.45) is 0 Å². The molecule has 0 unspecified atom stereocenters. The standard InChI is InChI=1S/C15H9FN2S/c16-11-3-4-12-14(8-11)19-15(18-12)10-2-1-9-5-6-17-13(9)7-10/h1-8,17H. The summed E-state index contributed by atoms with van der Waals surface area (Å²) >= 11 is 1.51. The number of nitrogens with one attached hydrogen (secondary N) is 1. The number of thiazole rings is 1. The second-order valence-electron chi connectivity index (χ2n) is 4.41. The Morgan fingerprint density at radius 2 is 2.00 bits per heavy atom. The molecule has 0 saturated heterocycles. The fourth-order valence-corrected chi connectivity index (χ4v) is 3.19. The summed E-state index contributed by atoms with van der Waals surface area (Å²) in [5.74, 6) is -0.220. The van der Waals surface area contributed by atoms with Crippen molar-refractivity contribution in [3.63, 3.8) is 0 Å². The van der Waals surface area contributed by atoms with Crippen molar-refractivity contribution in [1.82, 2.24) is 9.97 Å². The summed E-state index contributed by atoms with van der Waals surface area (Å²) in [5.41, 5.74) is 2.98. The molecule has 4 heteroatoms. The van der Waals surface area contributed by atoms with Crippen molar-refractivity contribution in [2.45, 2.75) is 0 Å². The van der Waals surface area contributed by atoms with Gasteiger partial charge in [-0.15, -0.1) is 11.3 Å². The highest BCUT2D eigenvalue weighted by Crippen LogP contribution is 2.31. The summed E-state index contributed by atoms with van der Waals surface area (Å²) in [7, 11) is 0. The van der Waals surface area contributed by atoms with Crippen LogP contribution in [0.2, 0.25) is 0 Å². The summed E-state index contributed by atoms with van der Waals surface area (Å²) in [6.45, 7) is 0. The van der Waals surface area contributed by atoms with E-state index in [9.17, 15) is 4.39 Å². The van der Waals surface area contributed by atoms with Gasteiger partial charge < -0.3 is 4.98 Å². The zero-order chi connectivity index (χ0) is 12.8. The maximum atomic E-state index is 13.2. The number of nitrogens with zero attached hydrogens (tertiary/aromatic N) is 1. The highest BCUT2D eigenvalue weighted by atomic mass is 32.1. The van der Waals surface area contributed by atoms with Gasteiger partial charge in [-0.3, -0.25) is 0 Å². The zero-order valence-corrected chi connectivity index (χ0v) is 10.7. The lowest BCUT2D eigenvalue weighted by Crippen LogP contribution is -1.76. The van der Waals surface area contributed by atoms with Crippen molar-refractivity contribution in [3.8, 4) is 10.6 Å². The van der Waals surface area contributed by atoms with E-state index in [1.54, 1.807) is 6.07 Å². The van der Waals surface area contributed by atoms with Gasteiger partial charge in [-0.25, -0.2) is 9.37 Å². The van der Waals surface area contributed by atoms with E-state index in [2.05, 4.69) is 22.1 Å². The average Bonchev–Trinajstić information content (AvgIpc) is 3.02. The summed E-state index contributed by atoms with van der Waals surface area (Å²) in [5, 5.41) is 2.09. The summed E-state index contributed by atoms with van der Waals surface area (Å²) in [4.78, 5) is 7.74. The highest BCUT2D eigenvalue weighted by Gasteiger charge is 2.08. The van der Waals surface area contributed by atoms with Gasteiger partial charge in [-0.1, -0.05) is 12.1 Å². The average molecular weight is 268 g/mol. The Kier molecular flexibility index (Phi) is 2.19. The van der Waals surface area contributed by atoms with Gasteiger partial charge in [0.15, 0.2) is 0 Å². The SMILES string of the molecule is Fc1ccc2nc(-c3ccc4cc[nH]c4c3)sc2c1. The molecule has 0 saturated carbocycles. The Morgan fingerprint density at radius 1 is 1.05 bits per heavy atom. The quantitative estimate of drug-likeness (QED) is 0.537. The molecular formula is C15H9FN2S. The third kappa shape index (κ3) is 1.72. The minimum Gasteiger partial charge on any atom is -0.361 e. The van der Waals surface area contributed by atoms with Gasteiger partial charge in [0.05, 0.1) is 10.2 Å². The lowest BCUT2D eigenvalue weighted by molar-refractivity contribution is 0.630. The molecule has 2 aromatic heterocycles. The maximum absolute atomic E-state index is 13.2. The smallest absolute Gasteiger partial charge is 0.124 e. The fourth-order valence-electron chi connectivity index (χ4n) is 2.20. The number of H-pyrrole nitrogens is 1. The van der Waals surface area contributed by atoms with Gasteiger partial charge in [0.1, 0.15) is 10.8 Å². The first-order valence-electron chi connectivity index (χ1n) is 5.93. The van der Waals surface area contributed by atoms with Gasteiger partial charge in [0.2, 0.25) is 0 Å². The minimum atomic E-state index is -0.220. The van der Waals surface area contributed by atoms with Crippen molar-refractivity contribution in [3.05, 3.63) is 54.5 Å². The molecule has 2 heterocycles. The van der Waals surface area contributed by atoms with Crippen LogP contribution in [0.15, 0.2) is 48.7 Å². The van der Waals surface area contributed by atoms with Gasteiger partial charge in [-0.05, 0) is 35.7 Å². The molecule has 19 heavy (non-hydrogen) atoms. The Bertz CT molecular complexity index is 891. The van der Waals surface area contributed by atoms with Gasteiger partial charge in [0, 0.05) is 17.3 Å². The molecular weight excluding hydrogens is 259 g/mol. The molecule has 1 N–H and O–H groups in total. The Labute approximate surface area is 112 Å². The van der Waals surface area contributed by atoms with Gasteiger partial charge >= 0.3 is 0 Å². The maximum Gasteiger partial charge on any atom is 0.124 e. The van der Waals surface area contributed by atoms with E-state index in [1.165, 1.54) is 28.9 Å². The number of hydrogen-bond donors (Lipinski definition) is 1. The second-order valence-corrected chi connectivity index (χ2v) is 5.44. The monoisotopic (exact) mass is 268 g/mol. The molecule has 2 nitrogen and oxygen atoms in total. The van der Waals surface area contributed by atoms with Crippen LogP contribution in [0, 0.1) is 5.82 Å². The minimum absolute atomic E-state index is 0.220. The van der Waals surface area contributed by atoms with E-state index in [1.807, 2.05) is 18.3 Å². The van der Waals surface area contributed by atoms with Crippen molar-refractivity contribution >= 4 is 32.5 Å². The number of halogens is 1. The Morgan fingerprint density at radius 3 is 2.95 bits per heavy atom. The third-order valence-electron chi connectivity index (χ3n) is 3.15. The largest absolute Gasteiger partial charge is 0.361 e. The third-order valence-corrected chi connectivity index (χ3v) is 4.22. The zero-order valence-electron chi connectivity index (χ0n) is 9.85. The molecule has 0 atom stereocenters. The van der Waals surface area contributed by atoms with Crippen molar-refractivity contribution in [2.75, 3.05) is 0 Å². The van der Waals surface area contributed by atoms with Crippen LogP contribution in [0.25, 0.3) is 31.7 Å². The van der Waals surface area contributed by atoms with Crippen LogP contribution < -0.4 is 0 Å². The second kappa shape index (κ2) is 3.90. The van der Waals surface area contributed by atoms with E-state index in [0.29, 0.717) is 0 Å². The molecule has 0 bridgehead atoms. The first kappa shape index (κ1) is 10.7. The van der Waals surface area contributed by atoms with Crippen LogP contribution >= 0.6 is 11.3 Å². The van der Waals surface area contributed by atoms with E-state index in [0.717, 1.165) is 26.3 Å². The summed E-state index contributed by atoms with van der Waals surface area (Å²) in [6, 6.07) is 12.9. The lowest BCUT2D eigenvalue weighted by atomic mass is 10.2. The van der Waals surface area contributed by atoms with E-state index in [-0.39, 0.29) is 5.82 Å². The molecule has 0 aliphatic carbocycles. The number of rotatable bonds is 1. The summed E-state index contributed by atoms with van der Waals surface area (Å²) < 4.78 is 14.1. The molecule has 0 spiro atoms. The van der Waals surface area contributed by atoms with Crippen LogP contribution in [0.3, 0.4) is 0 Å². The van der Waals surface area contributed by atoms with Crippen LogP contribution in [0.4, 0.5) is 4.39 Å². The number of aromatic nitrogens is 2. The molecule has 4 rings (SSSR count). The number of hydrogen-bond acceptors (Lipinski definition) is 2. The van der Waals surface area contributed by atoms with Gasteiger partial charge in [0.25, 0.3) is 0 Å². The molecule has 0 fully saturated rings. The van der Waals surface area contributed by atoms with E-state index >= 15 is 0 Å². The Hall–Kier alpha value is -2.20.